The zero-order valence-corrected chi connectivity index (χ0v) is 13.8. The highest BCUT2D eigenvalue weighted by molar-refractivity contribution is 7.13. The minimum atomic E-state index is 0.254. The average Bonchev–Trinajstić information content (AvgIpc) is 3.37. The third-order valence-corrected chi connectivity index (χ3v) is 5.15. The Balaban J connectivity index is 1.49. The predicted molar refractivity (Wildman–Crippen MR) is 93.0 cm³/mol. The largest absolute Gasteiger partial charge is 0.284 e. The van der Waals surface area contributed by atoms with Crippen LogP contribution in [0.5, 0.6) is 0 Å². The predicted octanol–water partition coefficient (Wildman–Crippen LogP) is 2.59. The summed E-state index contributed by atoms with van der Waals surface area (Å²) in [5.41, 5.74) is 3.10. The number of nitrogens with zero attached hydrogens (tertiary/aromatic N) is 5. The van der Waals surface area contributed by atoms with E-state index in [-0.39, 0.29) is 6.04 Å². The number of hydrogen-bond acceptors (Lipinski definition) is 6. The second kappa shape index (κ2) is 6.51. The summed E-state index contributed by atoms with van der Waals surface area (Å²) in [6, 6.07) is 8.29. The number of likely N-dealkylation sites (tertiary alicyclic amines) is 1. The van der Waals surface area contributed by atoms with E-state index in [4.69, 9.17) is 11.4 Å². The number of terminal acetylenes is 1. The molecule has 24 heavy (non-hydrogen) atoms. The highest BCUT2D eigenvalue weighted by atomic mass is 32.1. The van der Waals surface area contributed by atoms with Crippen molar-refractivity contribution < 1.29 is 0 Å². The van der Waals surface area contributed by atoms with E-state index in [1.807, 2.05) is 24.3 Å². The third kappa shape index (κ3) is 2.94. The Morgan fingerprint density at radius 2 is 2.12 bits per heavy atom. The average molecular weight is 336 g/mol. The number of benzene rings is 1. The molecule has 120 valence electrons. The van der Waals surface area contributed by atoms with E-state index in [9.17, 15) is 0 Å². The minimum absolute atomic E-state index is 0.254. The maximum atomic E-state index is 5.60. The van der Waals surface area contributed by atoms with Gasteiger partial charge in [-0.3, -0.25) is 4.90 Å². The quantitative estimate of drug-likeness (QED) is 0.742. The Morgan fingerprint density at radius 3 is 2.88 bits per heavy atom. The van der Waals surface area contributed by atoms with Gasteiger partial charge in [-0.2, -0.15) is 5.21 Å². The van der Waals surface area contributed by atoms with E-state index in [0.29, 0.717) is 5.82 Å². The van der Waals surface area contributed by atoms with Crippen LogP contribution in [0.3, 0.4) is 0 Å². The van der Waals surface area contributed by atoms with E-state index in [1.54, 1.807) is 11.3 Å². The first-order valence-electron chi connectivity index (χ1n) is 7.82. The maximum Gasteiger partial charge on any atom is 0.204 e. The van der Waals surface area contributed by atoms with Crippen molar-refractivity contribution in [3.63, 3.8) is 0 Å². The minimum Gasteiger partial charge on any atom is -0.284 e. The van der Waals surface area contributed by atoms with Crippen LogP contribution in [-0.2, 0) is 6.54 Å². The number of rotatable bonds is 4. The molecule has 7 heteroatoms. The number of aromatic nitrogens is 5. The van der Waals surface area contributed by atoms with Crippen LogP contribution >= 0.6 is 11.3 Å². The molecule has 3 heterocycles. The molecule has 1 unspecified atom stereocenters. The highest BCUT2D eigenvalue weighted by Gasteiger charge is 2.23. The number of nitrogens with one attached hydrogen (secondary N) is 1. The van der Waals surface area contributed by atoms with Gasteiger partial charge in [-0.25, -0.2) is 4.98 Å². The SMILES string of the molecule is C#CC1CCCN1Cc1csc(-c2ccc(-c3nn[nH]n3)cc2)n1. The standard InChI is InChI=1S/C17H16N6S/c1-2-15-4-3-9-23(15)10-14-11-24-17(18-14)13-7-5-12(6-8-13)16-19-21-22-20-16/h1,5-8,11,15H,3-4,9-10H2,(H,19,20,21,22). The molecule has 2 aromatic heterocycles. The van der Waals surface area contributed by atoms with Crippen molar-refractivity contribution >= 4 is 11.3 Å². The number of thiazole rings is 1. The van der Waals surface area contributed by atoms with Crippen LogP contribution in [0.2, 0.25) is 0 Å². The topological polar surface area (TPSA) is 70.6 Å². The maximum absolute atomic E-state index is 5.60. The lowest BCUT2D eigenvalue weighted by Crippen LogP contribution is -2.27. The summed E-state index contributed by atoms with van der Waals surface area (Å²) >= 11 is 1.66. The molecule has 1 N–H and O–H groups in total. The highest BCUT2D eigenvalue weighted by Crippen LogP contribution is 2.27. The smallest absolute Gasteiger partial charge is 0.204 e. The lowest BCUT2D eigenvalue weighted by Gasteiger charge is -2.18. The summed E-state index contributed by atoms with van der Waals surface area (Å²) in [4.78, 5) is 7.10. The molecule has 0 spiro atoms. The fraction of sp³-hybridized carbons (Fsp3) is 0.294. The van der Waals surface area contributed by atoms with E-state index < -0.39 is 0 Å². The van der Waals surface area contributed by atoms with Crippen molar-refractivity contribution in [3.05, 3.63) is 35.3 Å². The molecule has 0 bridgehead atoms. The van der Waals surface area contributed by atoms with Crippen molar-refractivity contribution in [3.8, 4) is 34.3 Å². The number of hydrogen-bond donors (Lipinski definition) is 1. The van der Waals surface area contributed by atoms with Crippen LogP contribution in [0, 0.1) is 12.3 Å². The van der Waals surface area contributed by atoms with Crippen LogP contribution in [0.4, 0.5) is 0 Å². The molecule has 1 atom stereocenters. The first-order valence-corrected chi connectivity index (χ1v) is 8.70. The molecule has 0 saturated carbocycles. The van der Waals surface area contributed by atoms with E-state index in [0.717, 1.165) is 41.3 Å². The van der Waals surface area contributed by atoms with Gasteiger partial charge >= 0.3 is 0 Å². The van der Waals surface area contributed by atoms with Crippen LogP contribution in [-0.4, -0.2) is 43.1 Å². The lowest BCUT2D eigenvalue weighted by molar-refractivity contribution is 0.285. The third-order valence-electron chi connectivity index (χ3n) is 4.21. The van der Waals surface area contributed by atoms with Gasteiger partial charge in [0.25, 0.3) is 0 Å². The Kier molecular flexibility index (Phi) is 4.07. The molecule has 1 aliphatic rings. The molecule has 0 aliphatic carbocycles. The zero-order valence-electron chi connectivity index (χ0n) is 13.0. The second-order valence-electron chi connectivity index (χ2n) is 5.75. The van der Waals surface area contributed by atoms with Gasteiger partial charge in [-0.05, 0) is 24.6 Å². The van der Waals surface area contributed by atoms with E-state index in [1.165, 1.54) is 6.42 Å². The molecule has 0 radical (unpaired) electrons. The van der Waals surface area contributed by atoms with Crippen molar-refractivity contribution in [2.24, 2.45) is 0 Å². The molecule has 6 nitrogen and oxygen atoms in total. The Labute approximate surface area is 143 Å². The van der Waals surface area contributed by atoms with Crippen molar-refractivity contribution in [2.75, 3.05) is 6.54 Å². The normalized spacial score (nSPS) is 17.9. The fourth-order valence-electron chi connectivity index (χ4n) is 2.97. The molecule has 1 saturated heterocycles. The fourth-order valence-corrected chi connectivity index (χ4v) is 3.79. The molecule has 3 aromatic rings. The van der Waals surface area contributed by atoms with Gasteiger partial charge < -0.3 is 0 Å². The van der Waals surface area contributed by atoms with Crippen molar-refractivity contribution in [1.29, 1.82) is 0 Å². The van der Waals surface area contributed by atoms with E-state index in [2.05, 4.69) is 36.8 Å². The van der Waals surface area contributed by atoms with Crippen molar-refractivity contribution in [2.45, 2.75) is 25.4 Å². The lowest BCUT2D eigenvalue weighted by atomic mass is 10.1. The van der Waals surface area contributed by atoms with Gasteiger partial charge in [-0.1, -0.05) is 30.2 Å². The molecule has 1 fully saturated rings. The van der Waals surface area contributed by atoms with Gasteiger partial charge in [0.1, 0.15) is 5.01 Å². The van der Waals surface area contributed by atoms with Gasteiger partial charge in [0.15, 0.2) is 0 Å². The number of H-pyrrole nitrogens is 1. The van der Waals surface area contributed by atoms with Crippen molar-refractivity contribution in [1.82, 2.24) is 30.5 Å². The summed E-state index contributed by atoms with van der Waals surface area (Å²) in [7, 11) is 0. The van der Waals surface area contributed by atoms with Crippen LogP contribution < -0.4 is 0 Å². The molecule has 1 aliphatic heterocycles. The van der Waals surface area contributed by atoms with Gasteiger partial charge in [-0.15, -0.1) is 28.0 Å². The molecular weight excluding hydrogens is 320 g/mol. The second-order valence-corrected chi connectivity index (χ2v) is 6.61. The monoisotopic (exact) mass is 336 g/mol. The molecular formula is C17H16N6S. The summed E-state index contributed by atoms with van der Waals surface area (Å²) in [5, 5.41) is 17.1. The summed E-state index contributed by atoms with van der Waals surface area (Å²) < 4.78 is 0. The molecule has 4 rings (SSSR count). The van der Waals surface area contributed by atoms with Crippen LogP contribution in [0.1, 0.15) is 18.5 Å². The number of aromatic amines is 1. The zero-order chi connectivity index (χ0) is 16.4. The number of tetrazole rings is 1. The summed E-state index contributed by atoms with van der Waals surface area (Å²) in [6.07, 6.45) is 7.86. The van der Waals surface area contributed by atoms with Gasteiger partial charge in [0, 0.05) is 23.1 Å². The Morgan fingerprint density at radius 1 is 1.29 bits per heavy atom. The van der Waals surface area contributed by atoms with Gasteiger partial charge in [0.2, 0.25) is 5.82 Å². The van der Waals surface area contributed by atoms with Crippen LogP contribution in [0.25, 0.3) is 22.0 Å². The Bertz CT molecular complexity index is 846. The first kappa shape index (κ1) is 15.0. The first-order chi connectivity index (χ1) is 11.8. The van der Waals surface area contributed by atoms with Crippen LogP contribution in [0.15, 0.2) is 29.6 Å². The molecule has 0 amide bonds. The van der Waals surface area contributed by atoms with E-state index >= 15 is 0 Å². The summed E-state index contributed by atoms with van der Waals surface area (Å²) in [5.74, 6) is 3.47. The Hall–Kier alpha value is -2.56. The summed E-state index contributed by atoms with van der Waals surface area (Å²) in [6.45, 7) is 1.88. The molecule has 1 aromatic carbocycles. The van der Waals surface area contributed by atoms with Gasteiger partial charge in [0.05, 0.1) is 11.7 Å².